The minimum atomic E-state index is -0.588. The van der Waals surface area contributed by atoms with E-state index in [1.54, 1.807) is 41.5 Å². The number of nitrogens with one attached hydrogen (secondary N) is 1. The normalized spacial score (nSPS) is 13.0. The SMILES string of the molecule is CC(C)(C)OC(=O)CC[C@H](CCC#N)NC(=O)OC(C)(C)C. The summed E-state index contributed by atoms with van der Waals surface area (Å²) in [7, 11) is 0. The van der Waals surface area contributed by atoms with Crippen molar-refractivity contribution in [2.45, 2.75) is 84.5 Å². The van der Waals surface area contributed by atoms with Gasteiger partial charge in [0.25, 0.3) is 0 Å². The van der Waals surface area contributed by atoms with Crippen molar-refractivity contribution in [1.29, 1.82) is 5.26 Å². The lowest BCUT2D eigenvalue weighted by Gasteiger charge is -2.24. The van der Waals surface area contributed by atoms with Gasteiger partial charge in [-0.2, -0.15) is 5.26 Å². The van der Waals surface area contributed by atoms with Gasteiger partial charge in [-0.05, 0) is 54.4 Å². The zero-order valence-electron chi connectivity index (χ0n) is 14.5. The molecular formula is C16H28N2O4. The predicted molar refractivity (Wildman–Crippen MR) is 83.1 cm³/mol. The molecular weight excluding hydrogens is 284 g/mol. The second-order valence-electron chi connectivity index (χ2n) is 7.17. The molecule has 0 aromatic carbocycles. The summed E-state index contributed by atoms with van der Waals surface area (Å²) in [5, 5.41) is 11.4. The Morgan fingerprint density at radius 1 is 1.05 bits per heavy atom. The van der Waals surface area contributed by atoms with Gasteiger partial charge in [0.2, 0.25) is 0 Å². The van der Waals surface area contributed by atoms with Crippen molar-refractivity contribution >= 4 is 12.1 Å². The second-order valence-corrected chi connectivity index (χ2v) is 7.17. The van der Waals surface area contributed by atoms with Crippen LogP contribution >= 0.6 is 0 Å². The fourth-order valence-corrected chi connectivity index (χ4v) is 1.69. The zero-order chi connectivity index (χ0) is 17.4. The first-order chi connectivity index (χ1) is 9.93. The van der Waals surface area contributed by atoms with Crippen LogP contribution in [0, 0.1) is 11.3 Å². The second kappa shape index (κ2) is 8.62. The molecule has 0 aliphatic carbocycles. The number of hydrogen-bond acceptors (Lipinski definition) is 5. The molecule has 0 rings (SSSR count). The number of rotatable bonds is 6. The molecule has 0 saturated heterocycles. The van der Waals surface area contributed by atoms with Crippen LogP contribution in [0.25, 0.3) is 0 Å². The van der Waals surface area contributed by atoms with Crippen molar-refractivity contribution in [3.05, 3.63) is 0 Å². The van der Waals surface area contributed by atoms with Gasteiger partial charge in [-0.3, -0.25) is 4.79 Å². The van der Waals surface area contributed by atoms with Gasteiger partial charge in [-0.15, -0.1) is 0 Å². The van der Waals surface area contributed by atoms with Crippen LogP contribution in [0.1, 0.15) is 67.2 Å². The fourth-order valence-electron chi connectivity index (χ4n) is 1.69. The lowest BCUT2D eigenvalue weighted by atomic mass is 10.1. The van der Waals surface area contributed by atoms with Crippen LogP contribution in [0.2, 0.25) is 0 Å². The van der Waals surface area contributed by atoms with E-state index in [-0.39, 0.29) is 18.4 Å². The monoisotopic (exact) mass is 312 g/mol. The Morgan fingerprint density at radius 2 is 1.59 bits per heavy atom. The average Bonchev–Trinajstić information content (AvgIpc) is 2.28. The molecule has 0 aliphatic heterocycles. The summed E-state index contributed by atoms with van der Waals surface area (Å²) in [5.74, 6) is -0.319. The molecule has 1 N–H and O–H groups in total. The first-order valence-electron chi connectivity index (χ1n) is 7.51. The molecule has 0 aliphatic rings. The minimum absolute atomic E-state index is 0.184. The van der Waals surface area contributed by atoms with E-state index in [0.717, 1.165) is 0 Å². The Bertz CT molecular complexity index is 413. The van der Waals surface area contributed by atoms with Gasteiger partial charge in [0.15, 0.2) is 0 Å². The number of nitrogens with zero attached hydrogens (tertiary/aromatic N) is 1. The molecule has 22 heavy (non-hydrogen) atoms. The molecule has 6 nitrogen and oxygen atoms in total. The molecule has 126 valence electrons. The van der Waals surface area contributed by atoms with Crippen molar-refractivity contribution in [2.24, 2.45) is 0 Å². The Hall–Kier alpha value is -1.77. The third kappa shape index (κ3) is 12.0. The largest absolute Gasteiger partial charge is 0.460 e. The van der Waals surface area contributed by atoms with Gasteiger partial charge >= 0.3 is 12.1 Å². The average molecular weight is 312 g/mol. The van der Waals surface area contributed by atoms with Crippen LogP contribution < -0.4 is 5.32 Å². The summed E-state index contributed by atoms with van der Waals surface area (Å²) in [5.41, 5.74) is -1.12. The van der Waals surface area contributed by atoms with E-state index >= 15 is 0 Å². The van der Waals surface area contributed by atoms with E-state index in [0.29, 0.717) is 19.3 Å². The highest BCUT2D eigenvalue weighted by molar-refractivity contribution is 5.70. The highest BCUT2D eigenvalue weighted by atomic mass is 16.6. The van der Waals surface area contributed by atoms with Gasteiger partial charge in [-0.1, -0.05) is 0 Å². The van der Waals surface area contributed by atoms with Crippen molar-refractivity contribution in [3.8, 4) is 6.07 Å². The van der Waals surface area contributed by atoms with Gasteiger partial charge in [0, 0.05) is 18.9 Å². The Labute approximate surface area is 133 Å². The van der Waals surface area contributed by atoms with Gasteiger partial charge in [-0.25, -0.2) is 4.79 Å². The summed E-state index contributed by atoms with van der Waals surface area (Å²) in [6.45, 7) is 10.7. The van der Waals surface area contributed by atoms with Crippen molar-refractivity contribution in [1.82, 2.24) is 5.32 Å². The van der Waals surface area contributed by atoms with Crippen LogP contribution in [-0.4, -0.2) is 29.3 Å². The van der Waals surface area contributed by atoms with E-state index < -0.39 is 17.3 Å². The van der Waals surface area contributed by atoms with Crippen molar-refractivity contribution in [3.63, 3.8) is 0 Å². The maximum Gasteiger partial charge on any atom is 0.407 e. The summed E-state index contributed by atoms with van der Waals surface area (Å²) >= 11 is 0. The molecule has 0 unspecified atom stereocenters. The van der Waals surface area contributed by atoms with E-state index in [2.05, 4.69) is 5.32 Å². The van der Waals surface area contributed by atoms with Crippen LogP contribution in [0.3, 0.4) is 0 Å². The number of carbonyl (C=O) groups is 2. The molecule has 0 saturated carbocycles. The third-order valence-electron chi connectivity index (χ3n) is 2.44. The molecule has 0 aromatic heterocycles. The first-order valence-corrected chi connectivity index (χ1v) is 7.51. The van der Waals surface area contributed by atoms with Crippen LogP contribution in [-0.2, 0) is 14.3 Å². The number of carbonyl (C=O) groups excluding carboxylic acids is 2. The Kier molecular flexibility index (Phi) is 7.93. The number of ether oxygens (including phenoxy) is 2. The Morgan fingerprint density at radius 3 is 2.05 bits per heavy atom. The molecule has 1 atom stereocenters. The zero-order valence-corrected chi connectivity index (χ0v) is 14.5. The van der Waals surface area contributed by atoms with Gasteiger partial charge in [0.05, 0.1) is 6.07 Å². The quantitative estimate of drug-likeness (QED) is 0.760. The molecule has 6 heteroatoms. The smallest absolute Gasteiger partial charge is 0.407 e. The first kappa shape index (κ1) is 20.2. The lowest BCUT2D eigenvalue weighted by Crippen LogP contribution is -2.39. The number of amides is 1. The van der Waals surface area contributed by atoms with E-state index in [9.17, 15) is 9.59 Å². The van der Waals surface area contributed by atoms with E-state index in [1.807, 2.05) is 6.07 Å². The topological polar surface area (TPSA) is 88.4 Å². The summed E-state index contributed by atoms with van der Waals surface area (Å²) in [6.07, 6.45) is 0.825. The van der Waals surface area contributed by atoms with Crippen molar-refractivity contribution < 1.29 is 19.1 Å². The maximum atomic E-state index is 11.8. The predicted octanol–water partition coefficient (Wildman–Crippen LogP) is 3.31. The fraction of sp³-hybridized carbons (Fsp3) is 0.812. The standard InChI is InChI=1S/C16H28N2O4/c1-15(2,3)21-13(19)10-9-12(8-7-11-17)18-14(20)22-16(4,5)6/h12H,7-10H2,1-6H3,(H,18,20)/t12-/m0/s1. The molecule has 0 bridgehead atoms. The van der Waals surface area contributed by atoms with Crippen LogP contribution in [0.4, 0.5) is 4.79 Å². The molecule has 0 heterocycles. The lowest BCUT2D eigenvalue weighted by molar-refractivity contribution is -0.155. The van der Waals surface area contributed by atoms with Gasteiger partial charge < -0.3 is 14.8 Å². The van der Waals surface area contributed by atoms with E-state index in [1.165, 1.54) is 0 Å². The van der Waals surface area contributed by atoms with Crippen LogP contribution in [0.15, 0.2) is 0 Å². The summed E-state index contributed by atoms with van der Waals surface area (Å²) < 4.78 is 10.4. The van der Waals surface area contributed by atoms with Gasteiger partial charge in [0.1, 0.15) is 11.2 Å². The number of alkyl carbamates (subject to hydrolysis) is 1. The highest BCUT2D eigenvalue weighted by Crippen LogP contribution is 2.13. The van der Waals surface area contributed by atoms with Crippen molar-refractivity contribution in [2.75, 3.05) is 0 Å². The third-order valence-corrected chi connectivity index (χ3v) is 2.44. The summed E-state index contributed by atoms with van der Waals surface area (Å²) in [6, 6.07) is 1.75. The minimum Gasteiger partial charge on any atom is -0.460 e. The van der Waals surface area contributed by atoms with Crippen LogP contribution in [0.5, 0.6) is 0 Å². The molecule has 0 fully saturated rings. The van der Waals surface area contributed by atoms with E-state index in [4.69, 9.17) is 14.7 Å². The molecule has 0 radical (unpaired) electrons. The highest BCUT2D eigenvalue weighted by Gasteiger charge is 2.21. The molecule has 0 aromatic rings. The number of nitriles is 1. The number of esters is 1. The molecule has 1 amide bonds. The Balaban J connectivity index is 4.43. The summed E-state index contributed by atoms with van der Waals surface area (Å²) in [4.78, 5) is 23.5. The maximum absolute atomic E-state index is 11.8. The number of hydrogen-bond donors (Lipinski definition) is 1. The molecule has 0 spiro atoms.